The Morgan fingerprint density at radius 2 is 1.81 bits per heavy atom. The van der Waals surface area contributed by atoms with Crippen LogP contribution in [0, 0.1) is 0 Å². The average Bonchev–Trinajstić information content (AvgIpc) is 2.08. The summed E-state index contributed by atoms with van der Waals surface area (Å²) in [6.07, 6.45) is -0.0533. The molecule has 0 bridgehead atoms. The van der Waals surface area contributed by atoms with Gasteiger partial charge >= 0.3 is 6.16 Å². The summed E-state index contributed by atoms with van der Waals surface area (Å²) in [5, 5.41) is 0. The Balaban J connectivity index is 4.32. The smallest absolute Gasteiger partial charge is 0.428 e. The summed E-state index contributed by atoms with van der Waals surface area (Å²) in [4.78, 5) is 11.4. The maximum absolute atomic E-state index is 11.4. The van der Waals surface area contributed by atoms with E-state index in [1.165, 1.54) is 0 Å². The van der Waals surface area contributed by atoms with Crippen LogP contribution in [0.5, 0.6) is 0 Å². The second kappa shape index (κ2) is 6.70. The second-order valence-corrected chi connectivity index (χ2v) is 5.31. The molecule has 0 heterocycles. The third kappa shape index (κ3) is 7.47. The normalized spacial score (nSPS) is 11.1. The number of hydrogen-bond acceptors (Lipinski definition) is 4. The third-order valence-corrected chi connectivity index (χ3v) is 2.10. The van der Waals surface area contributed by atoms with Crippen LogP contribution in [0.2, 0.25) is 0 Å². The van der Waals surface area contributed by atoms with Gasteiger partial charge in [0.25, 0.3) is 0 Å². The quantitative estimate of drug-likeness (QED) is 0.432. The number of hydrogen-bond donors (Lipinski definition) is 0. The first kappa shape index (κ1) is 15.2. The van der Waals surface area contributed by atoms with Gasteiger partial charge in [0.05, 0.1) is 0 Å². The lowest BCUT2D eigenvalue weighted by Crippen LogP contribution is -2.24. The fourth-order valence-electron chi connectivity index (χ4n) is 0.969. The first-order chi connectivity index (χ1) is 7.26. The monoisotopic (exact) mass is 246 g/mol. The van der Waals surface area contributed by atoms with Crippen molar-refractivity contribution in [1.29, 1.82) is 0 Å². The van der Waals surface area contributed by atoms with Gasteiger partial charge in [-0.3, -0.25) is 0 Å². The molecule has 4 nitrogen and oxygen atoms in total. The van der Waals surface area contributed by atoms with Crippen LogP contribution in [0.1, 0.15) is 41.0 Å². The van der Waals surface area contributed by atoms with Crippen LogP contribution in [0.15, 0.2) is 11.3 Å². The molecule has 0 aliphatic heterocycles. The molecule has 16 heavy (non-hydrogen) atoms. The number of carbonyl (C=O) groups is 1. The average molecular weight is 246 g/mol. The fraction of sp³-hybridized carbons (Fsp3) is 0.727. The van der Waals surface area contributed by atoms with Gasteiger partial charge in [-0.25, -0.2) is 4.79 Å². The van der Waals surface area contributed by atoms with E-state index in [-0.39, 0.29) is 0 Å². The largest absolute Gasteiger partial charge is 0.514 e. The minimum absolute atomic E-state index is 0.530. The van der Waals surface area contributed by atoms with Gasteiger partial charge in [-0.2, -0.15) is 0 Å². The van der Waals surface area contributed by atoms with Gasteiger partial charge in [-0.1, -0.05) is 0 Å². The third-order valence-electron chi connectivity index (χ3n) is 1.69. The van der Waals surface area contributed by atoms with Crippen LogP contribution in [0.25, 0.3) is 0 Å². The van der Waals surface area contributed by atoms with Crippen LogP contribution in [0.3, 0.4) is 0 Å². The molecule has 0 aromatic carbocycles. The molecule has 0 aromatic heterocycles. The molecular formula is C11H22O4Si. The van der Waals surface area contributed by atoms with Crippen LogP contribution < -0.4 is 0 Å². The molecule has 0 aliphatic carbocycles. The Morgan fingerprint density at radius 3 is 2.19 bits per heavy atom. The number of carbonyl (C=O) groups excluding carboxylic acids is 1. The van der Waals surface area contributed by atoms with Crippen molar-refractivity contribution in [2.75, 3.05) is 6.61 Å². The number of allylic oxidation sites excluding steroid dienone is 1. The molecule has 0 radical (unpaired) electrons. The summed E-state index contributed by atoms with van der Waals surface area (Å²) in [6.45, 7) is 9.78. The van der Waals surface area contributed by atoms with Crippen LogP contribution in [0.4, 0.5) is 4.79 Å². The van der Waals surface area contributed by atoms with Crippen molar-refractivity contribution in [3.05, 3.63) is 11.3 Å². The van der Waals surface area contributed by atoms with Crippen molar-refractivity contribution < 1.29 is 18.7 Å². The topological polar surface area (TPSA) is 44.8 Å². The first-order valence-corrected chi connectivity index (χ1v) is 6.14. The molecule has 0 amide bonds. The van der Waals surface area contributed by atoms with Crippen molar-refractivity contribution in [2.45, 2.75) is 46.6 Å². The number of rotatable bonds is 4. The highest BCUT2D eigenvalue weighted by molar-refractivity contribution is 5.97. The summed E-state index contributed by atoms with van der Waals surface area (Å²) < 4.78 is 15.3. The zero-order valence-electron chi connectivity index (χ0n) is 11.0. The summed E-state index contributed by atoms with van der Waals surface area (Å²) in [5.41, 5.74) is 0.433. The zero-order chi connectivity index (χ0) is 12.8. The predicted molar refractivity (Wildman–Crippen MR) is 66.2 cm³/mol. The minimum atomic E-state index is -0.656. The summed E-state index contributed by atoms with van der Waals surface area (Å²) in [5.74, 6) is 0.630. The Bertz CT molecular complexity index is 262. The summed E-state index contributed by atoms with van der Waals surface area (Å²) >= 11 is 0. The van der Waals surface area contributed by atoms with E-state index in [2.05, 4.69) is 0 Å². The van der Waals surface area contributed by atoms with E-state index in [0.29, 0.717) is 29.3 Å². The molecule has 0 rings (SSSR count). The molecule has 0 saturated heterocycles. The van der Waals surface area contributed by atoms with Crippen LogP contribution in [-0.4, -0.2) is 28.8 Å². The fourth-order valence-corrected chi connectivity index (χ4v) is 1.17. The molecule has 0 saturated carbocycles. The van der Waals surface area contributed by atoms with E-state index in [1.807, 2.05) is 13.8 Å². The second-order valence-electron chi connectivity index (χ2n) is 4.73. The van der Waals surface area contributed by atoms with Crippen molar-refractivity contribution >= 4 is 16.6 Å². The SMILES string of the molecule is CC(C)=C(CCO[SiH3])OC(=O)OC(C)(C)C. The minimum Gasteiger partial charge on any atom is -0.428 e. The van der Waals surface area contributed by atoms with Crippen molar-refractivity contribution in [2.24, 2.45) is 0 Å². The Hall–Kier alpha value is -0.813. The van der Waals surface area contributed by atoms with E-state index in [0.717, 1.165) is 5.57 Å². The van der Waals surface area contributed by atoms with Gasteiger partial charge in [0.15, 0.2) is 0 Å². The molecule has 0 aromatic rings. The highest BCUT2D eigenvalue weighted by Gasteiger charge is 2.19. The Labute approximate surface area is 100 Å². The van der Waals surface area contributed by atoms with Gasteiger partial charge in [-0.15, -0.1) is 0 Å². The van der Waals surface area contributed by atoms with Crippen LogP contribution >= 0.6 is 0 Å². The van der Waals surface area contributed by atoms with E-state index in [4.69, 9.17) is 13.9 Å². The van der Waals surface area contributed by atoms with Gasteiger partial charge in [0, 0.05) is 13.0 Å². The lowest BCUT2D eigenvalue weighted by molar-refractivity contribution is 0.00436. The first-order valence-electron chi connectivity index (χ1n) is 5.32. The Morgan fingerprint density at radius 1 is 1.25 bits per heavy atom. The van der Waals surface area contributed by atoms with Crippen molar-refractivity contribution in [3.8, 4) is 0 Å². The molecule has 0 N–H and O–H groups in total. The predicted octanol–water partition coefficient (Wildman–Crippen LogP) is 1.92. The van der Waals surface area contributed by atoms with Crippen molar-refractivity contribution in [3.63, 3.8) is 0 Å². The molecule has 0 aliphatic rings. The number of ether oxygens (including phenoxy) is 2. The Kier molecular flexibility index (Phi) is 6.36. The van der Waals surface area contributed by atoms with E-state index in [9.17, 15) is 4.79 Å². The lowest BCUT2D eigenvalue weighted by atomic mass is 10.2. The van der Waals surface area contributed by atoms with Gasteiger partial charge in [0.2, 0.25) is 0 Å². The molecule has 94 valence electrons. The molecular weight excluding hydrogens is 224 g/mol. The van der Waals surface area contributed by atoms with Gasteiger partial charge in [-0.05, 0) is 40.2 Å². The zero-order valence-corrected chi connectivity index (χ0v) is 13.0. The van der Waals surface area contributed by atoms with Gasteiger partial charge in [0.1, 0.15) is 21.8 Å². The molecule has 5 heteroatoms. The summed E-state index contributed by atoms with van der Waals surface area (Å²) in [6, 6.07) is 0. The van der Waals surface area contributed by atoms with Gasteiger partial charge < -0.3 is 13.9 Å². The maximum atomic E-state index is 11.4. The molecule has 0 fully saturated rings. The summed E-state index contributed by atoms with van der Waals surface area (Å²) in [7, 11) is 0.688. The van der Waals surface area contributed by atoms with E-state index in [1.54, 1.807) is 20.8 Å². The lowest BCUT2D eigenvalue weighted by Gasteiger charge is -2.19. The molecule has 0 unspecified atom stereocenters. The van der Waals surface area contributed by atoms with E-state index >= 15 is 0 Å². The highest BCUT2D eigenvalue weighted by atomic mass is 28.2. The van der Waals surface area contributed by atoms with E-state index < -0.39 is 11.8 Å². The van der Waals surface area contributed by atoms with Crippen LogP contribution in [-0.2, 0) is 13.9 Å². The standard InChI is InChI=1S/C11H22O4Si/c1-8(2)9(6-7-13-16)14-10(12)15-11(3,4)5/h6-7H2,1-5,16H3. The molecule has 0 atom stereocenters. The maximum Gasteiger partial charge on any atom is 0.514 e. The molecule has 0 spiro atoms. The highest BCUT2D eigenvalue weighted by Crippen LogP contribution is 2.14. The van der Waals surface area contributed by atoms with Crippen molar-refractivity contribution in [1.82, 2.24) is 0 Å².